The molecule has 2 amide bonds. The molecule has 10 heteroatoms. The number of carbonyl (C=O) groups excluding carboxylic acids is 3. The summed E-state index contributed by atoms with van der Waals surface area (Å²) in [7, 11) is 1.58. The minimum atomic E-state index is -1.06. The van der Waals surface area contributed by atoms with Crippen LogP contribution in [0.3, 0.4) is 0 Å². The maximum atomic E-state index is 13.7. The highest BCUT2D eigenvalue weighted by molar-refractivity contribution is 9.10. The molecule has 3 rings (SSSR count). The lowest BCUT2D eigenvalue weighted by Gasteiger charge is -2.24. The van der Waals surface area contributed by atoms with Gasteiger partial charge >= 0.3 is 6.09 Å². The van der Waals surface area contributed by atoms with E-state index >= 15 is 0 Å². The zero-order valence-corrected chi connectivity index (χ0v) is 27.5. The molecule has 0 aliphatic heterocycles. The Morgan fingerprint density at radius 3 is 2.07 bits per heavy atom. The quantitative estimate of drug-likeness (QED) is 0.281. The summed E-state index contributed by atoms with van der Waals surface area (Å²) in [5, 5.41) is 5.43. The molecule has 0 unspecified atom stereocenters. The second kappa shape index (κ2) is 13.6. The fraction of sp³-hybridized carbons (Fsp3) is 0.394. The van der Waals surface area contributed by atoms with Gasteiger partial charge in [-0.2, -0.15) is 0 Å². The van der Waals surface area contributed by atoms with Crippen LogP contribution in [-0.2, 0) is 32.7 Å². The van der Waals surface area contributed by atoms with Crippen LogP contribution in [0, 0.1) is 6.92 Å². The zero-order chi connectivity index (χ0) is 32.1. The monoisotopic (exact) mass is 653 g/mol. The molecule has 0 saturated carbocycles. The van der Waals surface area contributed by atoms with E-state index < -0.39 is 34.6 Å². The van der Waals surface area contributed by atoms with Crippen molar-refractivity contribution < 1.29 is 23.9 Å². The molecule has 0 aliphatic carbocycles. The normalized spacial score (nSPS) is 12.3. The van der Waals surface area contributed by atoms with Crippen molar-refractivity contribution >= 4 is 39.4 Å². The number of benzene rings is 2. The molecule has 0 aliphatic rings. The number of nitrogens with one attached hydrogen (secondary N) is 2. The molecule has 43 heavy (non-hydrogen) atoms. The van der Waals surface area contributed by atoms with Crippen LogP contribution in [-0.4, -0.2) is 41.1 Å². The van der Waals surface area contributed by atoms with Crippen LogP contribution < -0.4 is 20.9 Å². The average molecular weight is 655 g/mol. The van der Waals surface area contributed by atoms with Gasteiger partial charge in [-0.05, 0) is 98.8 Å². The van der Waals surface area contributed by atoms with Crippen molar-refractivity contribution in [3.05, 3.63) is 91.8 Å². The van der Waals surface area contributed by atoms with E-state index in [1.165, 1.54) is 4.57 Å². The molecule has 1 aromatic heterocycles. The molecule has 1 atom stereocenters. The first-order valence-electron chi connectivity index (χ1n) is 13.9. The van der Waals surface area contributed by atoms with Gasteiger partial charge in [0.05, 0.1) is 13.7 Å². The molecule has 2 aromatic carbocycles. The van der Waals surface area contributed by atoms with E-state index in [-0.39, 0.29) is 24.4 Å². The van der Waals surface area contributed by atoms with Gasteiger partial charge in [0.15, 0.2) is 0 Å². The van der Waals surface area contributed by atoms with Crippen LogP contribution in [0.1, 0.15) is 63.8 Å². The predicted octanol–water partition coefficient (Wildman–Crippen LogP) is 5.92. The summed E-state index contributed by atoms with van der Waals surface area (Å²) in [4.78, 5) is 52.1. The summed E-state index contributed by atoms with van der Waals surface area (Å²) in [6, 6.07) is 13.6. The van der Waals surface area contributed by atoms with E-state index in [4.69, 9.17) is 9.47 Å². The second-order valence-electron chi connectivity index (χ2n) is 12.0. The van der Waals surface area contributed by atoms with Gasteiger partial charge in [0, 0.05) is 22.5 Å². The van der Waals surface area contributed by atoms with Crippen molar-refractivity contribution in [2.75, 3.05) is 12.4 Å². The van der Waals surface area contributed by atoms with Gasteiger partial charge in [-0.25, -0.2) is 4.79 Å². The van der Waals surface area contributed by atoms with Crippen molar-refractivity contribution in [3.63, 3.8) is 0 Å². The molecule has 0 bridgehead atoms. The number of amides is 2. The Balaban J connectivity index is 1.92. The second-order valence-corrected chi connectivity index (χ2v) is 12.9. The molecule has 0 radical (unpaired) electrons. The van der Waals surface area contributed by atoms with Crippen molar-refractivity contribution in [1.29, 1.82) is 0 Å². The number of nitrogens with zero attached hydrogens (tertiary/aromatic N) is 1. The number of rotatable bonds is 10. The van der Waals surface area contributed by atoms with Crippen LogP contribution in [0.15, 0.2) is 64.0 Å². The maximum Gasteiger partial charge on any atom is 0.408 e. The lowest BCUT2D eigenvalue weighted by atomic mass is 9.81. The zero-order valence-electron chi connectivity index (χ0n) is 26.0. The lowest BCUT2D eigenvalue weighted by molar-refractivity contribution is -0.121. The number of methoxy groups -OCH3 is 1. The first kappa shape index (κ1) is 33.6. The van der Waals surface area contributed by atoms with Crippen LogP contribution in [0.4, 0.5) is 10.5 Å². The van der Waals surface area contributed by atoms with E-state index in [2.05, 4.69) is 26.6 Å². The SMILES string of the molecule is COc1ccc(Cn2cc(Br)c(C)c(NC(=O)[C@H](Cc3ccc(C(C)(C)C(C)=O)cc3)NC(=O)OC(C)(C)C)c2=O)cc1. The topological polar surface area (TPSA) is 116 Å². The predicted molar refractivity (Wildman–Crippen MR) is 171 cm³/mol. The van der Waals surface area contributed by atoms with Crippen molar-refractivity contribution in [2.24, 2.45) is 0 Å². The third-order valence-corrected chi connectivity index (χ3v) is 8.04. The van der Waals surface area contributed by atoms with E-state index in [0.717, 1.165) is 16.7 Å². The number of Topliss-reactive ketones (excluding diaryl/α,β-unsaturated/α-hetero) is 1. The van der Waals surface area contributed by atoms with E-state index in [9.17, 15) is 19.2 Å². The minimum Gasteiger partial charge on any atom is -0.497 e. The summed E-state index contributed by atoms with van der Waals surface area (Å²) in [6.45, 7) is 12.4. The molecule has 0 fully saturated rings. The number of pyridine rings is 1. The molecular formula is C33H40BrN3O6. The number of hydrogen-bond acceptors (Lipinski definition) is 6. The Morgan fingerprint density at radius 1 is 0.953 bits per heavy atom. The molecule has 1 heterocycles. The van der Waals surface area contributed by atoms with Gasteiger partial charge < -0.3 is 24.7 Å². The maximum absolute atomic E-state index is 13.7. The average Bonchev–Trinajstić information content (AvgIpc) is 2.93. The lowest BCUT2D eigenvalue weighted by Crippen LogP contribution is -2.47. The number of hydrogen-bond donors (Lipinski definition) is 2. The molecule has 2 N–H and O–H groups in total. The first-order valence-corrected chi connectivity index (χ1v) is 14.7. The third-order valence-electron chi connectivity index (χ3n) is 7.24. The number of halogens is 1. The highest BCUT2D eigenvalue weighted by Gasteiger charge is 2.28. The van der Waals surface area contributed by atoms with Crippen molar-refractivity contribution in [3.8, 4) is 5.75 Å². The fourth-order valence-electron chi connectivity index (χ4n) is 4.27. The van der Waals surface area contributed by atoms with Crippen molar-refractivity contribution in [2.45, 2.75) is 78.5 Å². The minimum absolute atomic E-state index is 0.0335. The smallest absolute Gasteiger partial charge is 0.408 e. The molecule has 3 aromatic rings. The number of carbonyl (C=O) groups is 3. The van der Waals surface area contributed by atoms with Crippen LogP contribution >= 0.6 is 15.9 Å². The van der Waals surface area contributed by atoms with Gasteiger partial charge in [-0.3, -0.25) is 14.4 Å². The fourth-order valence-corrected chi connectivity index (χ4v) is 4.72. The first-order chi connectivity index (χ1) is 20.0. The van der Waals surface area contributed by atoms with Gasteiger partial charge in [0.1, 0.15) is 28.9 Å². The Hall–Kier alpha value is -3.92. The molecule has 230 valence electrons. The van der Waals surface area contributed by atoms with Gasteiger partial charge in [-0.1, -0.05) is 36.4 Å². The molecule has 9 nitrogen and oxygen atoms in total. The van der Waals surface area contributed by atoms with E-state index in [1.807, 2.05) is 62.4 Å². The number of anilines is 1. The highest BCUT2D eigenvalue weighted by atomic mass is 79.9. The van der Waals surface area contributed by atoms with Crippen molar-refractivity contribution in [1.82, 2.24) is 9.88 Å². The summed E-state index contributed by atoms with van der Waals surface area (Å²) in [6.07, 6.45) is 1.04. The summed E-state index contributed by atoms with van der Waals surface area (Å²) < 4.78 is 12.8. The largest absolute Gasteiger partial charge is 0.497 e. The summed E-state index contributed by atoms with van der Waals surface area (Å²) >= 11 is 3.51. The molecular weight excluding hydrogens is 614 g/mol. The third kappa shape index (κ3) is 8.79. The number of ether oxygens (including phenoxy) is 2. The van der Waals surface area contributed by atoms with E-state index in [0.29, 0.717) is 15.8 Å². The van der Waals surface area contributed by atoms with Gasteiger partial charge in [0.25, 0.3) is 5.56 Å². The highest BCUT2D eigenvalue weighted by Crippen LogP contribution is 2.25. The summed E-state index contributed by atoms with van der Waals surface area (Å²) in [5.41, 5.74) is 1.29. The number of alkyl carbamates (subject to hydrolysis) is 1. The number of ketones is 1. The van der Waals surface area contributed by atoms with Gasteiger partial charge in [0.2, 0.25) is 5.91 Å². The van der Waals surface area contributed by atoms with Crippen LogP contribution in [0.5, 0.6) is 5.75 Å². The summed E-state index contributed by atoms with van der Waals surface area (Å²) in [5.74, 6) is 0.161. The Bertz CT molecular complexity index is 1540. The molecule has 0 spiro atoms. The Kier molecular flexibility index (Phi) is 10.6. The standard InChI is InChI=1S/C33H40BrN3O6/c1-20-26(34)19-37(18-23-11-15-25(42-8)16-12-23)30(40)28(20)36-29(39)27(35-31(41)43-32(3,4)5)17-22-9-13-24(14-10-22)33(6,7)21(2)38/h9-16,19,27H,17-18H2,1-8H3,(H,35,41)(H,36,39)/t27-/m0/s1. The Labute approximate surface area is 261 Å². The molecule has 0 saturated heterocycles. The van der Waals surface area contributed by atoms with Crippen LogP contribution in [0.2, 0.25) is 0 Å². The van der Waals surface area contributed by atoms with Gasteiger partial charge in [-0.15, -0.1) is 0 Å². The van der Waals surface area contributed by atoms with Crippen LogP contribution in [0.25, 0.3) is 0 Å². The van der Waals surface area contributed by atoms with E-state index in [1.54, 1.807) is 47.9 Å². The number of aromatic nitrogens is 1. The Morgan fingerprint density at radius 2 is 1.53 bits per heavy atom.